The van der Waals surface area contributed by atoms with Gasteiger partial charge in [-0.2, -0.15) is 0 Å². The van der Waals surface area contributed by atoms with Crippen LogP contribution < -0.4 is 9.80 Å². The Morgan fingerprint density at radius 1 is 1.05 bits per heavy atom. The Bertz CT molecular complexity index is 641. The monoisotopic (exact) mass is 354 g/mol. The van der Waals surface area contributed by atoms with E-state index in [1.165, 1.54) is 11.9 Å². The number of urea groups is 1. The van der Waals surface area contributed by atoms with Gasteiger partial charge in [-0.3, -0.25) is 9.80 Å². The first-order chi connectivity index (χ1) is 9.91. The lowest BCUT2D eigenvalue weighted by Gasteiger charge is -2.26. The molecule has 0 aromatic heterocycles. The highest BCUT2D eigenvalue weighted by molar-refractivity contribution is 9.10. The lowest BCUT2D eigenvalue weighted by atomic mass is 10.2. The third kappa shape index (κ3) is 3.21. The molecule has 0 spiro atoms. The fraction of sp³-hybridized carbons (Fsp3) is 0.133. The molecule has 2 aromatic rings. The number of nitrogens with zero attached hydrogens (tertiary/aromatic N) is 2. The highest BCUT2D eigenvalue weighted by atomic mass is 79.9. The predicted molar refractivity (Wildman–Crippen MR) is 82.7 cm³/mol. The highest BCUT2D eigenvalue weighted by Crippen LogP contribution is 2.30. The van der Waals surface area contributed by atoms with Crippen molar-refractivity contribution in [3.63, 3.8) is 0 Å². The molecule has 0 fully saturated rings. The number of anilines is 2. The standard InChI is InChI=1S/C15H13BrF2N2O/c1-19(11-6-4-3-5-7-11)15(21)20(2)14-12(16)8-10(17)9-13(14)18/h3-9H,1-2H3. The van der Waals surface area contributed by atoms with E-state index in [1.54, 1.807) is 31.3 Å². The second-order valence-electron chi connectivity index (χ2n) is 4.45. The summed E-state index contributed by atoms with van der Waals surface area (Å²) in [7, 11) is 3.02. The maximum Gasteiger partial charge on any atom is 0.328 e. The van der Waals surface area contributed by atoms with Gasteiger partial charge in [0.15, 0.2) is 5.82 Å². The summed E-state index contributed by atoms with van der Waals surface area (Å²) in [6, 6.07) is 10.4. The number of para-hydroxylation sites is 1. The van der Waals surface area contributed by atoms with Crippen LogP contribution in [0.1, 0.15) is 0 Å². The molecular formula is C15H13BrF2N2O. The first kappa shape index (κ1) is 15.4. The van der Waals surface area contributed by atoms with Crippen LogP contribution in [0.15, 0.2) is 46.9 Å². The highest BCUT2D eigenvalue weighted by Gasteiger charge is 2.22. The molecule has 6 heteroatoms. The normalized spacial score (nSPS) is 10.3. The molecule has 21 heavy (non-hydrogen) atoms. The van der Waals surface area contributed by atoms with Gasteiger partial charge < -0.3 is 0 Å². The molecule has 0 unspecified atom stereocenters. The largest absolute Gasteiger partial charge is 0.328 e. The summed E-state index contributed by atoms with van der Waals surface area (Å²) < 4.78 is 27.2. The topological polar surface area (TPSA) is 23.6 Å². The van der Waals surface area contributed by atoms with E-state index in [0.717, 1.165) is 17.0 Å². The summed E-state index contributed by atoms with van der Waals surface area (Å²) in [5, 5.41) is 0. The van der Waals surface area contributed by atoms with Gasteiger partial charge in [0.2, 0.25) is 0 Å². The number of halogens is 3. The van der Waals surface area contributed by atoms with Crippen molar-refractivity contribution in [1.82, 2.24) is 0 Å². The minimum absolute atomic E-state index is 0.0100. The Labute approximate surface area is 129 Å². The van der Waals surface area contributed by atoms with Gasteiger partial charge in [0, 0.05) is 30.3 Å². The van der Waals surface area contributed by atoms with Gasteiger partial charge in [-0.15, -0.1) is 0 Å². The van der Waals surface area contributed by atoms with Crippen molar-refractivity contribution in [2.75, 3.05) is 23.9 Å². The van der Waals surface area contributed by atoms with Gasteiger partial charge in [-0.1, -0.05) is 18.2 Å². The minimum Gasteiger partial charge on any atom is -0.297 e. The second kappa shape index (κ2) is 6.22. The van der Waals surface area contributed by atoms with Gasteiger partial charge in [0.25, 0.3) is 0 Å². The Balaban J connectivity index is 2.32. The van der Waals surface area contributed by atoms with E-state index in [1.807, 2.05) is 6.07 Å². The molecule has 110 valence electrons. The third-order valence-electron chi connectivity index (χ3n) is 3.03. The molecule has 0 bridgehead atoms. The number of carbonyl (C=O) groups is 1. The van der Waals surface area contributed by atoms with Crippen molar-refractivity contribution in [2.45, 2.75) is 0 Å². The second-order valence-corrected chi connectivity index (χ2v) is 5.31. The number of benzene rings is 2. The van der Waals surface area contributed by atoms with Crippen molar-refractivity contribution in [3.05, 3.63) is 58.6 Å². The molecule has 0 atom stereocenters. The molecule has 2 amide bonds. The number of carbonyl (C=O) groups excluding carboxylic acids is 1. The van der Waals surface area contributed by atoms with Crippen molar-refractivity contribution in [1.29, 1.82) is 0 Å². The van der Waals surface area contributed by atoms with E-state index in [2.05, 4.69) is 15.9 Å². The van der Waals surface area contributed by atoms with Crippen LogP contribution >= 0.6 is 15.9 Å². The molecule has 0 heterocycles. The van der Waals surface area contributed by atoms with E-state index in [9.17, 15) is 13.6 Å². The molecule has 0 N–H and O–H groups in total. The number of hydrogen-bond donors (Lipinski definition) is 0. The summed E-state index contributed by atoms with van der Waals surface area (Å²) in [5.41, 5.74) is 0.664. The molecule has 0 aliphatic carbocycles. The lowest BCUT2D eigenvalue weighted by Crippen LogP contribution is -2.39. The van der Waals surface area contributed by atoms with Crippen LogP contribution in [0.25, 0.3) is 0 Å². The Morgan fingerprint density at radius 3 is 2.24 bits per heavy atom. The van der Waals surface area contributed by atoms with Crippen LogP contribution in [0.2, 0.25) is 0 Å². The van der Waals surface area contributed by atoms with E-state index in [4.69, 9.17) is 0 Å². The molecule has 2 aromatic carbocycles. The molecule has 2 rings (SSSR count). The number of rotatable bonds is 2. The summed E-state index contributed by atoms with van der Waals surface area (Å²) in [4.78, 5) is 14.9. The van der Waals surface area contributed by atoms with Crippen molar-refractivity contribution in [3.8, 4) is 0 Å². The third-order valence-corrected chi connectivity index (χ3v) is 3.64. The lowest BCUT2D eigenvalue weighted by molar-refractivity contribution is 0.253. The Hall–Kier alpha value is -1.95. The maximum absolute atomic E-state index is 13.9. The summed E-state index contributed by atoms with van der Waals surface area (Å²) in [6.45, 7) is 0. The Morgan fingerprint density at radius 2 is 1.67 bits per heavy atom. The molecule has 0 saturated carbocycles. The summed E-state index contributed by atoms with van der Waals surface area (Å²) in [6.07, 6.45) is 0. The minimum atomic E-state index is -0.806. The van der Waals surface area contributed by atoms with E-state index in [0.29, 0.717) is 5.69 Å². The first-order valence-electron chi connectivity index (χ1n) is 6.13. The Kier molecular flexibility index (Phi) is 4.57. The molecule has 0 aliphatic heterocycles. The van der Waals surface area contributed by atoms with Crippen LogP contribution in [-0.2, 0) is 0 Å². The van der Waals surface area contributed by atoms with E-state index < -0.39 is 17.7 Å². The predicted octanol–water partition coefficient (Wildman–Crippen LogP) is 4.42. The average molecular weight is 355 g/mol. The van der Waals surface area contributed by atoms with Crippen LogP contribution in [0.4, 0.5) is 25.0 Å². The van der Waals surface area contributed by atoms with Crippen LogP contribution in [0, 0.1) is 11.6 Å². The molecule has 0 aliphatic rings. The molecule has 0 saturated heterocycles. The zero-order valence-electron chi connectivity index (χ0n) is 11.5. The van der Waals surface area contributed by atoms with Crippen LogP contribution in [-0.4, -0.2) is 20.1 Å². The summed E-state index contributed by atoms with van der Waals surface area (Å²) in [5.74, 6) is -1.51. The molecular weight excluding hydrogens is 342 g/mol. The summed E-state index contributed by atoms with van der Waals surface area (Å²) >= 11 is 3.08. The first-order valence-corrected chi connectivity index (χ1v) is 6.92. The quantitative estimate of drug-likeness (QED) is 0.782. The maximum atomic E-state index is 13.9. The van der Waals surface area contributed by atoms with Crippen LogP contribution in [0.5, 0.6) is 0 Å². The molecule has 3 nitrogen and oxygen atoms in total. The zero-order chi connectivity index (χ0) is 15.6. The van der Waals surface area contributed by atoms with Crippen molar-refractivity contribution >= 4 is 33.3 Å². The number of hydrogen-bond acceptors (Lipinski definition) is 1. The SMILES string of the molecule is CN(C(=O)N(C)c1c(F)cc(F)cc1Br)c1ccccc1. The zero-order valence-corrected chi connectivity index (χ0v) is 13.1. The average Bonchev–Trinajstić information content (AvgIpc) is 2.45. The van der Waals surface area contributed by atoms with Crippen LogP contribution in [0.3, 0.4) is 0 Å². The van der Waals surface area contributed by atoms with E-state index >= 15 is 0 Å². The van der Waals surface area contributed by atoms with Gasteiger partial charge >= 0.3 is 6.03 Å². The fourth-order valence-corrected chi connectivity index (χ4v) is 2.61. The number of amides is 2. The van der Waals surface area contributed by atoms with E-state index in [-0.39, 0.29) is 10.2 Å². The molecule has 0 radical (unpaired) electrons. The van der Waals surface area contributed by atoms with Gasteiger partial charge in [0.05, 0.1) is 5.69 Å². The van der Waals surface area contributed by atoms with Crippen molar-refractivity contribution < 1.29 is 13.6 Å². The fourth-order valence-electron chi connectivity index (χ4n) is 1.94. The van der Waals surface area contributed by atoms with Gasteiger partial charge in [0.1, 0.15) is 5.82 Å². The van der Waals surface area contributed by atoms with Gasteiger partial charge in [-0.05, 0) is 34.1 Å². The van der Waals surface area contributed by atoms with Gasteiger partial charge in [-0.25, -0.2) is 13.6 Å². The van der Waals surface area contributed by atoms with Crippen molar-refractivity contribution in [2.24, 2.45) is 0 Å². The smallest absolute Gasteiger partial charge is 0.297 e.